The molecule has 2 aromatic rings. The Kier molecular flexibility index (Phi) is 6.58. The molecule has 0 spiro atoms. The van der Waals surface area contributed by atoms with E-state index >= 15 is 0 Å². The zero-order chi connectivity index (χ0) is 24.6. The molecule has 0 unspecified atom stereocenters. The third-order valence-corrected chi connectivity index (χ3v) is 8.59. The largest absolute Gasteiger partial charge is 0.462 e. The lowest BCUT2D eigenvalue weighted by Gasteiger charge is -2.54. The first-order valence-electron chi connectivity index (χ1n) is 12.9. The highest BCUT2D eigenvalue weighted by Crippen LogP contribution is 2.59. The topological polar surface area (TPSA) is 84.9 Å². The van der Waals surface area contributed by atoms with Crippen LogP contribution in [0, 0.1) is 29.6 Å². The second kappa shape index (κ2) is 9.65. The van der Waals surface area contributed by atoms with Crippen molar-refractivity contribution in [2.45, 2.75) is 57.3 Å². The quantitative estimate of drug-likeness (QED) is 0.613. The lowest BCUT2D eigenvalue weighted by Crippen LogP contribution is -2.55. The molecule has 3 aliphatic rings. The van der Waals surface area contributed by atoms with Gasteiger partial charge >= 0.3 is 12.1 Å². The summed E-state index contributed by atoms with van der Waals surface area (Å²) >= 11 is 0. The van der Waals surface area contributed by atoms with E-state index in [1.807, 2.05) is 67.6 Å². The van der Waals surface area contributed by atoms with Crippen molar-refractivity contribution in [3.63, 3.8) is 0 Å². The summed E-state index contributed by atoms with van der Waals surface area (Å²) in [6, 6.07) is 19.7. The Labute approximate surface area is 207 Å². The maximum absolute atomic E-state index is 13.0. The number of hydrogen-bond acceptors (Lipinski definition) is 5. The van der Waals surface area contributed by atoms with Gasteiger partial charge < -0.3 is 19.9 Å². The normalized spacial score (nSPS) is 32.2. The van der Waals surface area contributed by atoms with Crippen LogP contribution in [-0.4, -0.2) is 35.9 Å². The number of alkyl carbamates (subject to hydrolysis) is 1. The highest BCUT2D eigenvalue weighted by Gasteiger charge is 2.61. The van der Waals surface area contributed by atoms with E-state index in [1.54, 1.807) is 6.92 Å². The molecule has 6 nitrogen and oxygen atoms in total. The lowest BCUT2D eigenvalue weighted by atomic mass is 9.51. The second-order valence-electron chi connectivity index (χ2n) is 10.4. The van der Waals surface area contributed by atoms with Gasteiger partial charge in [0.15, 0.2) is 0 Å². The van der Waals surface area contributed by atoms with Gasteiger partial charge in [-0.25, -0.2) is 4.79 Å². The van der Waals surface area contributed by atoms with Gasteiger partial charge in [-0.1, -0.05) is 60.7 Å². The zero-order valence-electron chi connectivity index (χ0n) is 20.4. The van der Waals surface area contributed by atoms with Crippen molar-refractivity contribution in [3.8, 4) is 0 Å². The van der Waals surface area contributed by atoms with Crippen LogP contribution in [0.1, 0.15) is 50.7 Å². The van der Waals surface area contributed by atoms with Gasteiger partial charge in [0.1, 0.15) is 11.7 Å². The van der Waals surface area contributed by atoms with E-state index in [2.05, 4.69) is 5.32 Å². The maximum Gasteiger partial charge on any atom is 0.407 e. The first-order chi connectivity index (χ1) is 16.9. The minimum atomic E-state index is -1.27. The maximum atomic E-state index is 13.0. The van der Waals surface area contributed by atoms with Crippen molar-refractivity contribution < 1.29 is 24.2 Å². The number of hydrogen-bond donors (Lipinski definition) is 2. The van der Waals surface area contributed by atoms with Crippen LogP contribution >= 0.6 is 0 Å². The highest BCUT2D eigenvalue weighted by molar-refractivity contribution is 5.75. The van der Waals surface area contributed by atoms with Gasteiger partial charge in [-0.05, 0) is 62.5 Å². The second-order valence-corrected chi connectivity index (χ2v) is 10.4. The minimum absolute atomic E-state index is 0.00360. The third-order valence-electron chi connectivity index (χ3n) is 8.59. The number of rotatable bonds is 5. The fourth-order valence-corrected chi connectivity index (χ4v) is 7.27. The minimum Gasteiger partial charge on any atom is -0.462 e. The van der Waals surface area contributed by atoms with E-state index in [1.165, 1.54) is 0 Å². The van der Waals surface area contributed by atoms with Gasteiger partial charge in [0.05, 0.1) is 12.5 Å². The number of esters is 1. The van der Waals surface area contributed by atoms with Crippen LogP contribution in [0.3, 0.4) is 0 Å². The molecule has 2 saturated carbocycles. The average Bonchev–Trinajstić information content (AvgIpc) is 3.16. The Morgan fingerprint density at radius 3 is 2.29 bits per heavy atom. The third kappa shape index (κ3) is 4.22. The van der Waals surface area contributed by atoms with E-state index in [0.29, 0.717) is 6.61 Å². The van der Waals surface area contributed by atoms with E-state index in [-0.39, 0.29) is 53.8 Å². The standard InChI is InChI=1S/C29H35NO5/c1-3-34-28(32)30-22-14-15-23-19(16-22)17-24-25(18(2)35-27(24)31)26(23)29(33,20-10-6-4-7-11-20)21-12-8-5-9-13-21/h4-13,18-19,22-26,33H,3,14-17H2,1-2H3,(H,30,32)/t18-,19+,22-,23-,24-,25-,26+/m1/s1. The molecule has 1 heterocycles. The number of amides is 1. The summed E-state index contributed by atoms with van der Waals surface area (Å²) < 4.78 is 10.9. The summed E-state index contributed by atoms with van der Waals surface area (Å²) in [6.45, 7) is 4.10. The summed E-state index contributed by atoms with van der Waals surface area (Å²) in [6.07, 6.45) is 2.53. The molecule has 6 heteroatoms. The van der Waals surface area contributed by atoms with E-state index in [0.717, 1.165) is 36.8 Å². The summed E-state index contributed by atoms with van der Waals surface area (Å²) in [5, 5.41) is 15.8. The van der Waals surface area contributed by atoms with Gasteiger partial charge in [0, 0.05) is 17.9 Å². The molecule has 2 aliphatic carbocycles. The molecule has 2 aromatic carbocycles. The summed E-state index contributed by atoms with van der Waals surface area (Å²) in [5.74, 6) is -0.297. The van der Waals surface area contributed by atoms with Crippen LogP contribution in [0.4, 0.5) is 4.79 Å². The van der Waals surface area contributed by atoms with Gasteiger partial charge in [0.2, 0.25) is 0 Å². The fourth-order valence-electron chi connectivity index (χ4n) is 7.27. The van der Waals surface area contributed by atoms with Crippen molar-refractivity contribution in [1.82, 2.24) is 5.32 Å². The molecule has 35 heavy (non-hydrogen) atoms. The van der Waals surface area contributed by atoms with Crippen LogP contribution in [0.2, 0.25) is 0 Å². The molecule has 2 N–H and O–H groups in total. The fraction of sp³-hybridized carbons (Fsp3) is 0.517. The number of benzene rings is 2. The SMILES string of the molecule is CCOC(=O)N[C@@H]1CC[C@@H]2[C@@H](C1)C[C@H]1C(=O)O[C@H](C)[C@H]1[C@H]2C(O)(c1ccccc1)c1ccccc1. The van der Waals surface area contributed by atoms with Gasteiger partial charge in [0.25, 0.3) is 0 Å². The molecule has 1 amide bonds. The van der Waals surface area contributed by atoms with Crippen LogP contribution in [0.25, 0.3) is 0 Å². The van der Waals surface area contributed by atoms with E-state index < -0.39 is 5.60 Å². The monoisotopic (exact) mass is 477 g/mol. The van der Waals surface area contributed by atoms with Crippen LogP contribution in [0.5, 0.6) is 0 Å². The lowest BCUT2D eigenvalue weighted by molar-refractivity contribution is -0.145. The molecule has 1 aliphatic heterocycles. The van der Waals surface area contributed by atoms with Crippen LogP contribution < -0.4 is 5.32 Å². The molecule has 7 atom stereocenters. The van der Waals surface area contributed by atoms with Crippen LogP contribution in [-0.2, 0) is 19.9 Å². The van der Waals surface area contributed by atoms with E-state index in [9.17, 15) is 14.7 Å². The molecule has 0 bridgehead atoms. The summed E-state index contributed by atoms with van der Waals surface area (Å²) in [5.41, 5.74) is 0.418. The zero-order valence-corrected chi connectivity index (χ0v) is 20.4. The number of ether oxygens (including phenoxy) is 2. The highest BCUT2D eigenvalue weighted by atomic mass is 16.6. The molecule has 3 fully saturated rings. The van der Waals surface area contributed by atoms with Gasteiger partial charge in [-0.2, -0.15) is 0 Å². The van der Waals surface area contributed by atoms with E-state index in [4.69, 9.17) is 9.47 Å². The van der Waals surface area contributed by atoms with Gasteiger partial charge in [-0.3, -0.25) is 4.79 Å². The van der Waals surface area contributed by atoms with Crippen molar-refractivity contribution in [2.24, 2.45) is 29.6 Å². The Balaban J connectivity index is 1.57. The molecule has 1 saturated heterocycles. The van der Waals surface area contributed by atoms with Crippen molar-refractivity contribution in [1.29, 1.82) is 0 Å². The molecule has 186 valence electrons. The molecular formula is C29H35NO5. The number of carbonyl (C=O) groups excluding carboxylic acids is 2. The van der Waals surface area contributed by atoms with Crippen LogP contribution in [0.15, 0.2) is 60.7 Å². The summed E-state index contributed by atoms with van der Waals surface area (Å²) in [4.78, 5) is 25.1. The molecule has 5 rings (SSSR count). The predicted molar refractivity (Wildman–Crippen MR) is 131 cm³/mol. The Morgan fingerprint density at radius 1 is 1.06 bits per heavy atom. The van der Waals surface area contributed by atoms with Crippen molar-refractivity contribution in [2.75, 3.05) is 6.61 Å². The van der Waals surface area contributed by atoms with Crippen molar-refractivity contribution in [3.05, 3.63) is 71.8 Å². The number of aliphatic hydroxyl groups is 1. The number of carbonyl (C=O) groups is 2. The molecule has 0 aromatic heterocycles. The average molecular weight is 478 g/mol. The molecular weight excluding hydrogens is 442 g/mol. The predicted octanol–water partition coefficient (Wildman–Crippen LogP) is 4.65. The Morgan fingerprint density at radius 2 is 1.69 bits per heavy atom. The van der Waals surface area contributed by atoms with Crippen molar-refractivity contribution >= 4 is 12.1 Å². The Bertz CT molecular complexity index is 1000. The van der Waals surface area contributed by atoms with Gasteiger partial charge in [-0.15, -0.1) is 0 Å². The number of nitrogens with one attached hydrogen (secondary N) is 1. The molecule has 0 radical (unpaired) electrons. The Hall–Kier alpha value is -2.86. The smallest absolute Gasteiger partial charge is 0.407 e. The first-order valence-corrected chi connectivity index (χ1v) is 12.9. The number of cyclic esters (lactones) is 1. The summed E-state index contributed by atoms with van der Waals surface area (Å²) in [7, 11) is 0. The first kappa shape index (κ1) is 23.9. The number of fused-ring (bicyclic) bond motifs is 2.